The van der Waals surface area contributed by atoms with E-state index in [1.54, 1.807) is 0 Å². The summed E-state index contributed by atoms with van der Waals surface area (Å²) in [7, 11) is 1.28. The van der Waals surface area contributed by atoms with Gasteiger partial charge in [0, 0.05) is 7.11 Å². The van der Waals surface area contributed by atoms with E-state index in [0.29, 0.717) is 0 Å². The SMILES string of the molecule is COC(N)(N)C(=N)N. The number of nitrogens with one attached hydrogen (secondary N) is 1. The Morgan fingerprint density at radius 2 is 2.00 bits per heavy atom. The topological polar surface area (TPSA) is 111 Å². The smallest absolute Gasteiger partial charge is 0.229 e. The van der Waals surface area contributed by atoms with Gasteiger partial charge in [0.05, 0.1) is 0 Å². The molecule has 0 unspecified atom stereocenters. The van der Waals surface area contributed by atoms with E-state index in [9.17, 15) is 0 Å². The van der Waals surface area contributed by atoms with Crippen molar-refractivity contribution in [1.82, 2.24) is 0 Å². The third-order valence-electron chi connectivity index (χ3n) is 0.759. The summed E-state index contributed by atoms with van der Waals surface area (Å²) in [5.41, 5.74) is 15.0. The lowest BCUT2D eigenvalue weighted by molar-refractivity contribution is 0.0597. The zero-order chi connectivity index (χ0) is 6.78. The third-order valence-corrected chi connectivity index (χ3v) is 0.759. The maximum atomic E-state index is 6.70. The van der Waals surface area contributed by atoms with Gasteiger partial charge in [0.1, 0.15) is 0 Å². The van der Waals surface area contributed by atoms with E-state index in [4.69, 9.17) is 22.6 Å². The van der Waals surface area contributed by atoms with Gasteiger partial charge in [0.2, 0.25) is 5.85 Å². The molecule has 5 nitrogen and oxygen atoms in total. The molecule has 0 aliphatic heterocycles. The zero-order valence-electron chi connectivity index (χ0n) is 4.64. The minimum Gasteiger partial charge on any atom is -0.383 e. The molecule has 0 aliphatic carbocycles. The molecule has 0 amide bonds. The first kappa shape index (κ1) is 7.35. The number of amidine groups is 1. The van der Waals surface area contributed by atoms with Gasteiger partial charge >= 0.3 is 0 Å². The number of hydrogen-bond donors (Lipinski definition) is 4. The van der Waals surface area contributed by atoms with Crippen LogP contribution in [0.2, 0.25) is 0 Å². The molecule has 0 aromatic rings. The van der Waals surface area contributed by atoms with Crippen LogP contribution in [0.1, 0.15) is 0 Å². The highest BCUT2D eigenvalue weighted by molar-refractivity contribution is 5.84. The van der Waals surface area contributed by atoms with E-state index >= 15 is 0 Å². The van der Waals surface area contributed by atoms with Crippen molar-refractivity contribution in [2.75, 3.05) is 7.11 Å². The van der Waals surface area contributed by atoms with Gasteiger partial charge in [-0.3, -0.25) is 16.9 Å². The Kier molecular flexibility index (Phi) is 1.91. The van der Waals surface area contributed by atoms with Crippen LogP contribution in [0.5, 0.6) is 0 Å². The Morgan fingerprint density at radius 3 is 2.00 bits per heavy atom. The first-order chi connectivity index (χ1) is 3.50. The standard InChI is InChI=1S/C3H10N4O/c1-8-3(6,7)2(4)5/h6-7H2,1H3,(H3,4,5). The van der Waals surface area contributed by atoms with Crippen molar-refractivity contribution >= 4 is 5.84 Å². The van der Waals surface area contributed by atoms with Gasteiger partial charge in [0.15, 0.2) is 5.84 Å². The molecule has 8 heavy (non-hydrogen) atoms. The quantitative estimate of drug-likeness (QED) is 0.193. The van der Waals surface area contributed by atoms with Crippen LogP contribution in [0.15, 0.2) is 0 Å². The lowest BCUT2D eigenvalue weighted by Crippen LogP contribution is -2.60. The van der Waals surface area contributed by atoms with E-state index < -0.39 is 5.85 Å². The number of rotatable bonds is 2. The van der Waals surface area contributed by atoms with Gasteiger partial charge in [-0.2, -0.15) is 0 Å². The molecule has 0 rings (SSSR count). The Hall–Kier alpha value is -0.650. The molecule has 0 spiro atoms. The van der Waals surface area contributed by atoms with Crippen LogP contribution in [0.3, 0.4) is 0 Å². The van der Waals surface area contributed by atoms with Crippen molar-refractivity contribution in [3.63, 3.8) is 0 Å². The fraction of sp³-hybridized carbons (Fsp3) is 0.667. The average Bonchev–Trinajstić information content (AvgIpc) is 1.67. The monoisotopic (exact) mass is 118 g/mol. The highest BCUT2D eigenvalue weighted by atomic mass is 16.5. The molecule has 0 aromatic carbocycles. The van der Waals surface area contributed by atoms with Gasteiger partial charge in [-0.05, 0) is 0 Å². The molecule has 7 N–H and O–H groups in total. The van der Waals surface area contributed by atoms with Crippen molar-refractivity contribution in [3.8, 4) is 0 Å². The fourth-order valence-electron chi connectivity index (χ4n) is 0.110. The number of ether oxygens (including phenoxy) is 1. The van der Waals surface area contributed by atoms with Gasteiger partial charge in [-0.25, -0.2) is 0 Å². The Balaban J connectivity index is 3.91. The average molecular weight is 118 g/mol. The van der Waals surface area contributed by atoms with E-state index in [1.807, 2.05) is 0 Å². The first-order valence-electron chi connectivity index (χ1n) is 1.98. The van der Waals surface area contributed by atoms with Crippen LogP contribution >= 0.6 is 0 Å². The Labute approximate surface area is 47.3 Å². The van der Waals surface area contributed by atoms with Crippen molar-refractivity contribution < 1.29 is 4.74 Å². The van der Waals surface area contributed by atoms with Crippen molar-refractivity contribution in [2.24, 2.45) is 17.2 Å². The van der Waals surface area contributed by atoms with Crippen LogP contribution < -0.4 is 17.2 Å². The van der Waals surface area contributed by atoms with Crippen LogP contribution in [-0.2, 0) is 4.74 Å². The van der Waals surface area contributed by atoms with Gasteiger partial charge < -0.3 is 10.5 Å². The molecule has 0 heterocycles. The van der Waals surface area contributed by atoms with Crippen LogP contribution in [0.4, 0.5) is 0 Å². The molecule has 5 heteroatoms. The molecule has 0 bridgehead atoms. The maximum absolute atomic E-state index is 6.70. The van der Waals surface area contributed by atoms with E-state index in [0.717, 1.165) is 0 Å². The summed E-state index contributed by atoms with van der Waals surface area (Å²) in [6.07, 6.45) is 0. The highest BCUT2D eigenvalue weighted by Gasteiger charge is 2.20. The number of methoxy groups -OCH3 is 1. The summed E-state index contributed by atoms with van der Waals surface area (Å²) in [6, 6.07) is 0. The fourth-order valence-corrected chi connectivity index (χ4v) is 0.110. The molecule has 0 saturated carbocycles. The highest BCUT2D eigenvalue weighted by Crippen LogP contribution is 1.86. The van der Waals surface area contributed by atoms with Crippen LogP contribution in [0.25, 0.3) is 0 Å². The lowest BCUT2D eigenvalue weighted by atomic mass is 10.4. The summed E-state index contributed by atoms with van der Waals surface area (Å²) in [5, 5.41) is 6.70. The molecule has 0 saturated heterocycles. The minimum absolute atomic E-state index is 0.389. The predicted octanol–water partition coefficient (Wildman–Crippen LogP) is -1.86. The van der Waals surface area contributed by atoms with Gasteiger partial charge in [-0.1, -0.05) is 0 Å². The molecule has 0 aliphatic rings. The number of nitrogens with two attached hydrogens (primary N) is 3. The van der Waals surface area contributed by atoms with E-state index in [2.05, 4.69) is 4.74 Å². The zero-order valence-corrected chi connectivity index (χ0v) is 4.64. The van der Waals surface area contributed by atoms with Crippen LogP contribution in [0, 0.1) is 5.41 Å². The normalized spacial score (nSPS) is 11.4. The summed E-state index contributed by atoms with van der Waals surface area (Å²) in [5.74, 6) is -1.99. The number of hydrogen-bond acceptors (Lipinski definition) is 4. The molecule has 0 radical (unpaired) electrons. The molecule has 48 valence electrons. The molecular weight excluding hydrogens is 108 g/mol. The summed E-state index contributed by atoms with van der Waals surface area (Å²) < 4.78 is 4.41. The van der Waals surface area contributed by atoms with Crippen molar-refractivity contribution in [1.29, 1.82) is 5.41 Å². The second-order valence-corrected chi connectivity index (χ2v) is 1.41. The Morgan fingerprint density at radius 1 is 1.62 bits per heavy atom. The predicted molar refractivity (Wildman–Crippen MR) is 30.0 cm³/mol. The summed E-state index contributed by atoms with van der Waals surface area (Å²) in [6.45, 7) is 0. The summed E-state index contributed by atoms with van der Waals surface area (Å²) in [4.78, 5) is 0. The third kappa shape index (κ3) is 1.45. The first-order valence-corrected chi connectivity index (χ1v) is 1.98. The van der Waals surface area contributed by atoms with Gasteiger partial charge in [-0.15, -0.1) is 0 Å². The minimum atomic E-state index is -1.60. The molecular formula is C3H10N4O. The lowest BCUT2D eigenvalue weighted by Gasteiger charge is -2.19. The second-order valence-electron chi connectivity index (χ2n) is 1.41. The van der Waals surface area contributed by atoms with Crippen molar-refractivity contribution in [3.05, 3.63) is 0 Å². The van der Waals surface area contributed by atoms with E-state index in [1.165, 1.54) is 7.11 Å². The molecule has 0 aromatic heterocycles. The Bertz CT molecular complexity index is 99.5. The molecule has 0 atom stereocenters. The maximum Gasteiger partial charge on any atom is 0.229 e. The van der Waals surface area contributed by atoms with Crippen LogP contribution in [-0.4, -0.2) is 18.8 Å². The second kappa shape index (κ2) is 2.08. The van der Waals surface area contributed by atoms with Gasteiger partial charge in [0.25, 0.3) is 0 Å². The molecule has 0 fully saturated rings. The summed E-state index contributed by atoms with van der Waals surface area (Å²) >= 11 is 0. The van der Waals surface area contributed by atoms with E-state index in [-0.39, 0.29) is 5.84 Å². The van der Waals surface area contributed by atoms with Crippen molar-refractivity contribution in [2.45, 2.75) is 5.85 Å². The largest absolute Gasteiger partial charge is 0.383 e.